The summed E-state index contributed by atoms with van der Waals surface area (Å²) in [6, 6.07) is 28.2. The summed E-state index contributed by atoms with van der Waals surface area (Å²) >= 11 is 3.54. The Labute approximate surface area is 145 Å². The van der Waals surface area contributed by atoms with E-state index < -0.39 is 0 Å². The standard InChI is InChI=1S/C22H17Br/c23-20-12-10-17(11-13-20)22-15-19-9-5-4-8-18(19)14-21(22)16-6-2-1-3-7-16/h1-14,22H,15H2. The molecule has 1 aliphatic carbocycles. The lowest BCUT2D eigenvalue weighted by atomic mass is 9.77. The van der Waals surface area contributed by atoms with Crippen molar-refractivity contribution in [3.8, 4) is 0 Å². The Bertz CT molecular complexity index is 845. The van der Waals surface area contributed by atoms with Gasteiger partial charge in [0.05, 0.1) is 0 Å². The summed E-state index contributed by atoms with van der Waals surface area (Å²) in [5, 5.41) is 0. The fourth-order valence-electron chi connectivity index (χ4n) is 3.37. The van der Waals surface area contributed by atoms with Gasteiger partial charge in [0.25, 0.3) is 0 Å². The van der Waals surface area contributed by atoms with Crippen LogP contribution in [-0.2, 0) is 6.42 Å². The van der Waals surface area contributed by atoms with Crippen molar-refractivity contribution >= 4 is 27.6 Å². The van der Waals surface area contributed by atoms with Gasteiger partial charge >= 0.3 is 0 Å². The van der Waals surface area contributed by atoms with Crippen molar-refractivity contribution in [3.63, 3.8) is 0 Å². The van der Waals surface area contributed by atoms with E-state index in [1.807, 2.05) is 0 Å². The van der Waals surface area contributed by atoms with Gasteiger partial charge in [0, 0.05) is 10.4 Å². The van der Waals surface area contributed by atoms with Gasteiger partial charge in [-0.3, -0.25) is 0 Å². The van der Waals surface area contributed by atoms with E-state index in [0.717, 1.165) is 10.9 Å². The van der Waals surface area contributed by atoms with Crippen molar-refractivity contribution in [2.24, 2.45) is 0 Å². The van der Waals surface area contributed by atoms with E-state index in [1.54, 1.807) is 0 Å². The molecule has 0 bridgehead atoms. The topological polar surface area (TPSA) is 0 Å². The first-order chi connectivity index (χ1) is 11.3. The molecule has 0 fully saturated rings. The first-order valence-electron chi connectivity index (χ1n) is 7.91. The maximum Gasteiger partial charge on any atom is 0.0175 e. The molecule has 0 aliphatic heterocycles. The van der Waals surface area contributed by atoms with Crippen molar-refractivity contribution in [1.82, 2.24) is 0 Å². The van der Waals surface area contributed by atoms with Crippen molar-refractivity contribution in [1.29, 1.82) is 0 Å². The second-order valence-electron chi connectivity index (χ2n) is 5.97. The number of rotatable bonds is 2. The van der Waals surface area contributed by atoms with Crippen LogP contribution in [0.4, 0.5) is 0 Å². The molecule has 0 spiro atoms. The van der Waals surface area contributed by atoms with Gasteiger partial charge in [0.15, 0.2) is 0 Å². The van der Waals surface area contributed by atoms with Crippen LogP contribution in [0.3, 0.4) is 0 Å². The Hall–Kier alpha value is -2.12. The first kappa shape index (κ1) is 14.5. The molecule has 3 aromatic carbocycles. The summed E-state index contributed by atoms with van der Waals surface area (Å²) in [6.07, 6.45) is 3.42. The van der Waals surface area contributed by atoms with Gasteiger partial charge in [-0.05, 0) is 46.4 Å². The summed E-state index contributed by atoms with van der Waals surface area (Å²) in [5.74, 6) is 0.403. The molecule has 3 aromatic rings. The highest BCUT2D eigenvalue weighted by molar-refractivity contribution is 9.10. The first-order valence-corrected chi connectivity index (χ1v) is 8.71. The normalized spacial score (nSPS) is 16.6. The summed E-state index contributed by atoms with van der Waals surface area (Å²) in [6.45, 7) is 0. The Morgan fingerprint density at radius 3 is 2.22 bits per heavy atom. The number of fused-ring (bicyclic) bond motifs is 1. The van der Waals surface area contributed by atoms with Crippen LogP contribution in [0.5, 0.6) is 0 Å². The summed E-state index contributed by atoms with van der Waals surface area (Å²) in [5.41, 5.74) is 6.87. The quantitative estimate of drug-likeness (QED) is 0.500. The lowest BCUT2D eigenvalue weighted by Gasteiger charge is -2.27. The molecule has 1 atom stereocenters. The third-order valence-electron chi connectivity index (χ3n) is 4.55. The van der Waals surface area contributed by atoms with Crippen molar-refractivity contribution in [2.75, 3.05) is 0 Å². The van der Waals surface area contributed by atoms with Crippen LogP contribution in [0.1, 0.15) is 28.2 Å². The zero-order valence-electron chi connectivity index (χ0n) is 12.7. The molecule has 112 valence electrons. The average Bonchev–Trinajstić information content (AvgIpc) is 2.62. The number of benzene rings is 3. The molecule has 0 aromatic heterocycles. The highest BCUT2D eigenvalue weighted by atomic mass is 79.9. The molecule has 0 saturated heterocycles. The Morgan fingerprint density at radius 1 is 0.739 bits per heavy atom. The molecule has 0 radical (unpaired) electrons. The van der Waals surface area contributed by atoms with Crippen LogP contribution in [0.2, 0.25) is 0 Å². The zero-order chi connectivity index (χ0) is 15.6. The Kier molecular flexibility index (Phi) is 3.88. The maximum atomic E-state index is 3.54. The summed E-state index contributed by atoms with van der Waals surface area (Å²) < 4.78 is 1.13. The predicted molar refractivity (Wildman–Crippen MR) is 101 cm³/mol. The Morgan fingerprint density at radius 2 is 1.43 bits per heavy atom. The molecule has 0 saturated carbocycles. The van der Waals surface area contributed by atoms with Gasteiger partial charge in [0.2, 0.25) is 0 Å². The molecule has 1 aliphatic rings. The van der Waals surface area contributed by atoms with Gasteiger partial charge in [-0.1, -0.05) is 88.7 Å². The lowest BCUT2D eigenvalue weighted by molar-refractivity contribution is 0.845. The SMILES string of the molecule is Brc1ccc(C2Cc3ccccc3C=C2c2ccccc2)cc1. The van der Waals surface area contributed by atoms with E-state index in [-0.39, 0.29) is 0 Å². The zero-order valence-corrected chi connectivity index (χ0v) is 14.3. The third kappa shape index (κ3) is 2.89. The van der Waals surface area contributed by atoms with Gasteiger partial charge in [-0.15, -0.1) is 0 Å². The molecule has 0 heterocycles. The molecular weight excluding hydrogens is 344 g/mol. The summed E-state index contributed by atoms with van der Waals surface area (Å²) in [4.78, 5) is 0. The average molecular weight is 361 g/mol. The molecule has 0 amide bonds. The second-order valence-corrected chi connectivity index (χ2v) is 6.89. The van der Waals surface area contributed by atoms with Crippen LogP contribution < -0.4 is 0 Å². The number of hydrogen-bond donors (Lipinski definition) is 0. The van der Waals surface area contributed by atoms with E-state index >= 15 is 0 Å². The molecule has 1 heteroatoms. The van der Waals surface area contributed by atoms with Gasteiger partial charge in [-0.25, -0.2) is 0 Å². The van der Waals surface area contributed by atoms with Crippen molar-refractivity contribution < 1.29 is 0 Å². The minimum atomic E-state index is 0.403. The monoisotopic (exact) mass is 360 g/mol. The van der Waals surface area contributed by atoms with E-state index in [9.17, 15) is 0 Å². The molecule has 4 rings (SSSR count). The maximum absolute atomic E-state index is 3.54. The van der Waals surface area contributed by atoms with Gasteiger partial charge < -0.3 is 0 Å². The van der Waals surface area contributed by atoms with E-state index in [2.05, 4.69) is 101 Å². The minimum Gasteiger partial charge on any atom is -0.0622 e. The second kappa shape index (κ2) is 6.17. The molecule has 1 unspecified atom stereocenters. The number of allylic oxidation sites excluding steroid dienone is 1. The summed E-state index contributed by atoms with van der Waals surface area (Å²) in [7, 11) is 0. The fourth-order valence-corrected chi connectivity index (χ4v) is 3.63. The fraction of sp³-hybridized carbons (Fsp3) is 0.0909. The van der Waals surface area contributed by atoms with Crippen LogP contribution in [0.25, 0.3) is 11.6 Å². The molecule has 0 nitrogen and oxygen atoms in total. The third-order valence-corrected chi connectivity index (χ3v) is 5.07. The van der Waals surface area contributed by atoms with Crippen LogP contribution in [0, 0.1) is 0 Å². The highest BCUT2D eigenvalue weighted by Gasteiger charge is 2.23. The van der Waals surface area contributed by atoms with E-state index in [4.69, 9.17) is 0 Å². The van der Waals surface area contributed by atoms with Crippen LogP contribution in [0.15, 0.2) is 83.3 Å². The molecule has 23 heavy (non-hydrogen) atoms. The Balaban J connectivity index is 1.85. The predicted octanol–water partition coefficient (Wildman–Crippen LogP) is 6.33. The van der Waals surface area contributed by atoms with E-state index in [1.165, 1.54) is 27.8 Å². The van der Waals surface area contributed by atoms with Gasteiger partial charge in [-0.2, -0.15) is 0 Å². The molecule has 0 N–H and O–H groups in total. The van der Waals surface area contributed by atoms with Crippen LogP contribution in [-0.4, -0.2) is 0 Å². The van der Waals surface area contributed by atoms with Crippen molar-refractivity contribution in [2.45, 2.75) is 12.3 Å². The lowest BCUT2D eigenvalue weighted by Crippen LogP contribution is -2.11. The van der Waals surface area contributed by atoms with E-state index in [0.29, 0.717) is 5.92 Å². The minimum absolute atomic E-state index is 0.403. The highest BCUT2D eigenvalue weighted by Crippen LogP contribution is 2.41. The largest absolute Gasteiger partial charge is 0.0622 e. The van der Waals surface area contributed by atoms with Gasteiger partial charge in [0.1, 0.15) is 0 Å². The number of hydrogen-bond acceptors (Lipinski definition) is 0. The smallest absolute Gasteiger partial charge is 0.0175 e. The van der Waals surface area contributed by atoms with Crippen molar-refractivity contribution in [3.05, 3.63) is 106 Å². The number of halogens is 1. The van der Waals surface area contributed by atoms with Crippen LogP contribution >= 0.6 is 15.9 Å². The molecular formula is C22H17Br.